The van der Waals surface area contributed by atoms with E-state index >= 15 is 0 Å². The summed E-state index contributed by atoms with van der Waals surface area (Å²) in [5, 5.41) is 0. The van der Waals surface area contributed by atoms with Crippen LogP contribution in [0, 0.1) is 0 Å². The number of nitrogens with two attached hydrogens (primary N) is 1. The van der Waals surface area contributed by atoms with Crippen LogP contribution in [0.4, 0.5) is 0 Å². The lowest BCUT2D eigenvalue weighted by atomic mass is 10.1. The van der Waals surface area contributed by atoms with Crippen molar-refractivity contribution in [1.29, 1.82) is 0 Å². The normalized spacial score (nSPS) is 20.4. The summed E-state index contributed by atoms with van der Waals surface area (Å²) in [6.45, 7) is 2.80. The van der Waals surface area contributed by atoms with Gasteiger partial charge in [-0.3, -0.25) is 0 Å². The Morgan fingerprint density at radius 1 is 1.50 bits per heavy atom. The topological polar surface area (TPSA) is 40.2 Å². The summed E-state index contributed by atoms with van der Waals surface area (Å²) in [7, 11) is 0. The first-order valence-electron chi connectivity index (χ1n) is 6.36. The van der Waals surface area contributed by atoms with E-state index in [1.54, 1.807) is 0 Å². The molecule has 0 spiro atoms. The van der Waals surface area contributed by atoms with Gasteiger partial charge >= 0.3 is 0 Å². The molecule has 0 aliphatic carbocycles. The molecule has 0 saturated carbocycles. The molecule has 1 saturated heterocycles. The van der Waals surface area contributed by atoms with Gasteiger partial charge in [0.05, 0.1) is 6.10 Å². The minimum Gasteiger partial charge on any atom is -0.378 e. The predicted octanol–water partition coefficient (Wildman–Crippen LogP) is 1.95. The molecule has 90 valence electrons. The van der Waals surface area contributed by atoms with Gasteiger partial charge in [-0.1, -0.05) is 0 Å². The molecular weight excluding hydrogens is 200 g/mol. The molecule has 0 radical (unpaired) electrons. The van der Waals surface area contributed by atoms with E-state index in [-0.39, 0.29) is 0 Å². The summed E-state index contributed by atoms with van der Waals surface area (Å²) in [5.41, 5.74) is 6.94. The van der Waals surface area contributed by atoms with Crippen LogP contribution in [-0.4, -0.2) is 23.8 Å². The van der Waals surface area contributed by atoms with Gasteiger partial charge in [-0.25, -0.2) is 0 Å². The molecular formula is C13H22N2O. The molecule has 1 atom stereocenters. The lowest BCUT2D eigenvalue weighted by Gasteiger charge is -2.11. The van der Waals surface area contributed by atoms with Crippen molar-refractivity contribution in [3.63, 3.8) is 0 Å². The maximum Gasteiger partial charge on any atom is 0.0576 e. The van der Waals surface area contributed by atoms with Crippen LogP contribution < -0.4 is 5.73 Å². The first-order chi connectivity index (χ1) is 7.90. The molecule has 1 aliphatic rings. The Bertz CT molecular complexity index is 303. The van der Waals surface area contributed by atoms with Crippen molar-refractivity contribution in [3.8, 4) is 0 Å². The minimum atomic E-state index is 0.522. The van der Waals surface area contributed by atoms with E-state index in [1.807, 2.05) is 0 Å². The third-order valence-electron chi connectivity index (χ3n) is 3.27. The van der Waals surface area contributed by atoms with Crippen molar-refractivity contribution in [2.45, 2.75) is 44.8 Å². The highest BCUT2D eigenvalue weighted by Gasteiger charge is 2.14. The summed E-state index contributed by atoms with van der Waals surface area (Å²) in [6.07, 6.45) is 8.55. The monoisotopic (exact) mass is 222 g/mol. The number of hydrogen-bond donors (Lipinski definition) is 1. The molecule has 1 aromatic rings. The van der Waals surface area contributed by atoms with Crippen LogP contribution in [0.3, 0.4) is 0 Å². The largest absolute Gasteiger partial charge is 0.378 e. The Hall–Kier alpha value is -0.800. The Morgan fingerprint density at radius 2 is 2.44 bits per heavy atom. The molecule has 1 aromatic heterocycles. The second-order valence-corrected chi connectivity index (χ2v) is 4.51. The van der Waals surface area contributed by atoms with Gasteiger partial charge in [-0.05, 0) is 50.8 Å². The van der Waals surface area contributed by atoms with E-state index in [4.69, 9.17) is 10.5 Å². The number of rotatable bonds is 6. The molecule has 3 heteroatoms. The Balaban J connectivity index is 1.73. The van der Waals surface area contributed by atoms with Gasteiger partial charge in [0.15, 0.2) is 0 Å². The molecule has 3 nitrogen and oxygen atoms in total. The first-order valence-corrected chi connectivity index (χ1v) is 6.36. The van der Waals surface area contributed by atoms with E-state index < -0.39 is 0 Å². The van der Waals surface area contributed by atoms with Crippen molar-refractivity contribution in [3.05, 3.63) is 24.0 Å². The molecule has 2 N–H and O–H groups in total. The molecule has 1 aliphatic heterocycles. The number of ether oxygens (including phenoxy) is 1. The molecule has 16 heavy (non-hydrogen) atoms. The van der Waals surface area contributed by atoms with E-state index in [2.05, 4.69) is 22.9 Å². The van der Waals surface area contributed by atoms with Gasteiger partial charge in [-0.15, -0.1) is 0 Å². The Kier molecular flexibility index (Phi) is 4.43. The summed E-state index contributed by atoms with van der Waals surface area (Å²) in [6, 6.07) is 4.27. The second kappa shape index (κ2) is 6.06. The summed E-state index contributed by atoms with van der Waals surface area (Å²) >= 11 is 0. The first kappa shape index (κ1) is 11.7. The van der Waals surface area contributed by atoms with Crippen LogP contribution in [0.15, 0.2) is 18.3 Å². The molecule has 1 fully saturated rings. The van der Waals surface area contributed by atoms with Gasteiger partial charge in [0.1, 0.15) is 0 Å². The van der Waals surface area contributed by atoms with Crippen molar-refractivity contribution in [2.24, 2.45) is 5.73 Å². The minimum absolute atomic E-state index is 0.522. The fourth-order valence-electron chi connectivity index (χ4n) is 2.40. The number of aryl methyl sites for hydroxylation is 1. The molecule has 1 unspecified atom stereocenters. The highest BCUT2D eigenvalue weighted by Crippen LogP contribution is 2.17. The van der Waals surface area contributed by atoms with Gasteiger partial charge in [-0.2, -0.15) is 0 Å². The zero-order valence-electron chi connectivity index (χ0n) is 9.90. The quantitative estimate of drug-likeness (QED) is 0.799. The van der Waals surface area contributed by atoms with Crippen LogP contribution in [0.25, 0.3) is 0 Å². The van der Waals surface area contributed by atoms with Gasteiger partial charge in [0.2, 0.25) is 0 Å². The summed E-state index contributed by atoms with van der Waals surface area (Å²) < 4.78 is 7.94. The van der Waals surface area contributed by atoms with Crippen LogP contribution in [0.1, 0.15) is 31.4 Å². The van der Waals surface area contributed by atoms with Crippen LogP contribution in [-0.2, 0) is 17.7 Å². The molecule has 0 aromatic carbocycles. The predicted molar refractivity (Wildman–Crippen MR) is 65.4 cm³/mol. The van der Waals surface area contributed by atoms with Crippen LogP contribution >= 0.6 is 0 Å². The fourth-order valence-corrected chi connectivity index (χ4v) is 2.40. The Labute approximate surface area is 97.6 Å². The van der Waals surface area contributed by atoms with Gasteiger partial charge in [0, 0.05) is 25.0 Å². The van der Waals surface area contributed by atoms with E-state index in [9.17, 15) is 0 Å². The SMILES string of the molecule is NCCc1cccn1CCCC1CCCO1. The van der Waals surface area contributed by atoms with Crippen LogP contribution in [0.5, 0.6) is 0 Å². The molecule has 2 heterocycles. The molecule has 0 bridgehead atoms. The molecule has 2 rings (SSSR count). The maximum absolute atomic E-state index is 5.62. The summed E-state index contributed by atoms with van der Waals surface area (Å²) in [5.74, 6) is 0. The second-order valence-electron chi connectivity index (χ2n) is 4.51. The number of hydrogen-bond acceptors (Lipinski definition) is 2. The highest BCUT2D eigenvalue weighted by molar-refractivity contribution is 5.07. The summed E-state index contributed by atoms with van der Waals surface area (Å²) in [4.78, 5) is 0. The lowest BCUT2D eigenvalue weighted by Crippen LogP contribution is -2.10. The number of aromatic nitrogens is 1. The third kappa shape index (κ3) is 3.09. The third-order valence-corrected chi connectivity index (χ3v) is 3.27. The Morgan fingerprint density at radius 3 is 3.19 bits per heavy atom. The highest BCUT2D eigenvalue weighted by atomic mass is 16.5. The van der Waals surface area contributed by atoms with Crippen molar-refractivity contribution in [2.75, 3.05) is 13.2 Å². The number of nitrogens with zero attached hydrogens (tertiary/aromatic N) is 1. The van der Waals surface area contributed by atoms with Gasteiger partial charge in [0.25, 0.3) is 0 Å². The fraction of sp³-hybridized carbons (Fsp3) is 0.692. The average molecular weight is 222 g/mol. The maximum atomic E-state index is 5.62. The van der Waals surface area contributed by atoms with Crippen molar-refractivity contribution >= 4 is 0 Å². The van der Waals surface area contributed by atoms with Gasteiger partial charge < -0.3 is 15.0 Å². The lowest BCUT2D eigenvalue weighted by molar-refractivity contribution is 0.101. The van der Waals surface area contributed by atoms with E-state index in [0.29, 0.717) is 6.10 Å². The van der Waals surface area contributed by atoms with Crippen LogP contribution in [0.2, 0.25) is 0 Å². The smallest absolute Gasteiger partial charge is 0.0576 e. The molecule has 0 amide bonds. The van der Waals surface area contributed by atoms with Crippen molar-refractivity contribution < 1.29 is 4.74 Å². The average Bonchev–Trinajstić information content (AvgIpc) is 2.91. The standard InChI is InChI=1S/C13H22N2O/c14-8-7-12-4-1-9-15(12)10-2-5-13-6-3-11-16-13/h1,4,9,13H,2-3,5-8,10-11,14H2. The van der Waals surface area contributed by atoms with E-state index in [1.165, 1.54) is 31.4 Å². The van der Waals surface area contributed by atoms with E-state index in [0.717, 1.165) is 26.1 Å². The van der Waals surface area contributed by atoms with Crippen molar-refractivity contribution in [1.82, 2.24) is 4.57 Å². The zero-order chi connectivity index (χ0) is 11.2. The zero-order valence-corrected chi connectivity index (χ0v) is 9.90.